The fourth-order valence-electron chi connectivity index (χ4n) is 2.58. The van der Waals surface area contributed by atoms with E-state index >= 15 is 0 Å². The van der Waals surface area contributed by atoms with Crippen LogP contribution in [0.2, 0.25) is 0 Å². The summed E-state index contributed by atoms with van der Waals surface area (Å²) in [4.78, 5) is 4.39. The highest BCUT2D eigenvalue weighted by Crippen LogP contribution is 2.25. The van der Waals surface area contributed by atoms with Gasteiger partial charge in [0.15, 0.2) is 5.89 Å². The molecule has 0 radical (unpaired) electrons. The second-order valence-electron chi connectivity index (χ2n) is 5.78. The molecule has 0 bridgehead atoms. The number of hydrogen-bond donors (Lipinski definition) is 1. The van der Waals surface area contributed by atoms with Crippen LogP contribution < -0.4 is 14.2 Å². The largest absolute Gasteiger partial charge is 0.497 e. The summed E-state index contributed by atoms with van der Waals surface area (Å²) in [6.45, 7) is 1.83. The normalized spacial score (nSPS) is 11.4. The van der Waals surface area contributed by atoms with Gasteiger partial charge in [-0.15, -0.1) is 0 Å². The number of nitrogens with zero attached hydrogens (tertiary/aromatic N) is 1. The Labute approximate surface area is 158 Å². The van der Waals surface area contributed by atoms with Crippen LogP contribution in [0.15, 0.2) is 58.0 Å². The molecule has 7 nitrogen and oxygen atoms in total. The molecule has 1 N–H and O–H groups in total. The zero-order valence-corrected chi connectivity index (χ0v) is 16.0. The molecule has 0 aliphatic heterocycles. The van der Waals surface area contributed by atoms with Gasteiger partial charge >= 0.3 is 0 Å². The maximum Gasteiger partial charge on any atom is 0.240 e. The third-order valence-electron chi connectivity index (χ3n) is 4.02. The lowest BCUT2D eigenvalue weighted by atomic mass is 10.2. The van der Waals surface area contributed by atoms with Crippen LogP contribution >= 0.6 is 0 Å². The van der Waals surface area contributed by atoms with E-state index in [1.807, 2.05) is 0 Å². The van der Waals surface area contributed by atoms with Gasteiger partial charge in [0.2, 0.25) is 10.0 Å². The lowest BCUT2D eigenvalue weighted by Crippen LogP contribution is -2.23. The predicted octanol–water partition coefficient (Wildman–Crippen LogP) is 3.15. The predicted molar refractivity (Wildman–Crippen MR) is 100 cm³/mol. The summed E-state index contributed by atoms with van der Waals surface area (Å²) in [5.74, 6) is 1.75. The van der Waals surface area contributed by atoms with E-state index < -0.39 is 10.0 Å². The second kappa shape index (κ2) is 7.81. The first kappa shape index (κ1) is 18.9. The summed E-state index contributed by atoms with van der Waals surface area (Å²) >= 11 is 0. The fraction of sp³-hybridized carbons (Fsp3) is 0.211. The Morgan fingerprint density at radius 3 is 2.41 bits per heavy atom. The van der Waals surface area contributed by atoms with Gasteiger partial charge in [0.05, 0.1) is 19.1 Å². The Kier molecular flexibility index (Phi) is 5.48. The highest BCUT2D eigenvalue weighted by molar-refractivity contribution is 7.89. The minimum absolute atomic E-state index is 0.0763. The number of aromatic nitrogens is 1. The van der Waals surface area contributed by atoms with E-state index in [0.29, 0.717) is 28.6 Å². The van der Waals surface area contributed by atoms with Crippen molar-refractivity contribution in [2.24, 2.45) is 0 Å². The van der Waals surface area contributed by atoms with Crippen molar-refractivity contribution in [1.82, 2.24) is 9.71 Å². The van der Waals surface area contributed by atoms with Gasteiger partial charge < -0.3 is 13.9 Å². The molecule has 3 rings (SSSR count). The number of hydrogen-bond acceptors (Lipinski definition) is 6. The molecule has 0 atom stereocenters. The molecule has 1 aromatic heterocycles. The van der Waals surface area contributed by atoms with Crippen molar-refractivity contribution >= 4 is 10.0 Å². The van der Waals surface area contributed by atoms with Gasteiger partial charge in [0, 0.05) is 24.6 Å². The van der Waals surface area contributed by atoms with E-state index in [1.54, 1.807) is 44.4 Å². The van der Waals surface area contributed by atoms with Crippen molar-refractivity contribution in [1.29, 1.82) is 0 Å². The van der Waals surface area contributed by atoms with Crippen LogP contribution in [-0.2, 0) is 16.6 Å². The van der Waals surface area contributed by atoms with Crippen LogP contribution in [0, 0.1) is 6.92 Å². The van der Waals surface area contributed by atoms with Gasteiger partial charge in [-0.2, -0.15) is 0 Å². The van der Waals surface area contributed by atoms with Crippen LogP contribution in [0.4, 0.5) is 0 Å². The lowest BCUT2D eigenvalue weighted by molar-refractivity contribution is 0.398. The van der Waals surface area contributed by atoms with E-state index in [9.17, 15) is 8.42 Å². The zero-order valence-electron chi connectivity index (χ0n) is 15.2. The average molecular weight is 388 g/mol. The van der Waals surface area contributed by atoms with Gasteiger partial charge in [0.25, 0.3) is 0 Å². The van der Waals surface area contributed by atoms with Crippen molar-refractivity contribution in [3.8, 4) is 22.8 Å². The maximum absolute atomic E-state index is 12.6. The number of benzene rings is 2. The minimum Gasteiger partial charge on any atom is -0.497 e. The quantitative estimate of drug-likeness (QED) is 0.669. The molecule has 0 fully saturated rings. The molecular weight excluding hydrogens is 368 g/mol. The van der Waals surface area contributed by atoms with Gasteiger partial charge in [0.1, 0.15) is 23.5 Å². The molecular formula is C19H20N2O5S. The van der Waals surface area contributed by atoms with Crippen LogP contribution in [-0.4, -0.2) is 27.6 Å². The first-order valence-electron chi connectivity index (χ1n) is 8.16. The van der Waals surface area contributed by atoms with E-state index in [1.165, 1.54) is 25.5 Å². The lowest BCUT2D eigenvalue weighted by Gasteiger charge is -2.12. The molecule has 2 aromatic carbocycles. The van der Waals surface area contributed by atoms with Crippen molar-refractivity contribution in [3.05, 3.63) is 60.2 Å². The molecule has 0 spiro atoms. The average Bonchev–Trinajstić information content (AvgIpc) is 3.12. The number of sulfonamides is 1. The van der Waals surface area contributed by atoms with Gasteiger partial charge in [-0.05, 0) is 30.3 Å². The Hall–Kier alpha value is -2.84. The molecule has 0 aliphatic rings. The molecule has 0 amide bonds. The molecule has 27 heavy (non-hydrogen) atoms. The molecule has 1 heterocycles. The third kappa shape index (κ3) is 4.29. The van der Waals surface area contributed by atoms with Crippen LogP contribution in [0.3, 0.4) is 0 Å². The molecule has 3 aromatic rings. The molecule has 0 aliphatic carbocycles. The molecule has 0 saturated carbocycles. The summed E-state index contributed by atoms with van der Waals surface area (Å²) in [5, 5.41) is 0. The Bertz CT molecular complexity index is 1030. The number of methoxy groups -OCH3 is 2. The van der Waals surface area contributed by atoms with Crippen molar-refractivity contribution < 1.29 is 22.3 Å². The van der Waals surface area contributed by atoms with Gasteiger partial charge in [-0.3, -0.25) is 0 Å². The number of aryl methyl sites for hydroxylation is 1. The Balaban J connectivity index is 1.77. The number of nitrogens with one attached hydrogen (secondary N) is 1. The highest BCUT2D eigenvalue weighted by Gasteiger charge is 2.16. The van der Waals surface area contributed by atoms with Crippen molar-refractivity contribution in [2.75, 3.05) is 14.2 Å². The summed E-state index contributed by atoms with van der Waals surface area (Å²) in [7, 11) is -0.606. The molecule has 8 heteroatoms. The summed E-state index contributed by atoms with van der Waals surface area (Å²) in [5.41, 5.74) is 2.11. The Morgan fingerprint density at radius 1 is 1.07 bits per heavy atom. The molecule has 142 valence electrons. The Morgan fingerprint density at radius 2 is 1.81 bits per heavy atom. The van der Waals surface area contributed by atoms with E-state index in [-0.39, 0.29) is 11.4 Å². The smallest absolute Gasteiger partial charge is 0.240 e. The van der Waals surface area contributed by atoms with Crippen LogP contribution in [0.5, 0.6) is 11.5 Å². The number of ether oxygens (including phenoxy) is 2. The standard InChI is InChI=1S/C19H20N2O5S/c1-13-21-18(12-26-13)14-4-7-17(8-5-14)27(22,23)20-11-15-10-16(24-2)6-9-19(15)25-3/h4-10,12,20H,11H2,1-3H3. The summed E-state index contributed by atoms with van der Waals surface area (Å²) in [6.07, 6.45) is 1.53. The fourth-order valence-corrected chi connectivity index (χ4v) is 3.58. The van der Waals surface area contributed by atoms with Gasteiger partial charge in [-0.25, -0.2) is 18.1 Å². The summed E-state index contributed by atoms with van der Waals surface area (Å²) < 4.78 is 43.4. The van der Waals surface area contributed by atoms with Crippen LogP contribution in [0.25, 0.3) is 11.3 Å². The highest BCUT2D eigenvalue weighted by atomic mass is 32.2. The molecule has 0 unspecified atom stereocenters. The number of rotatable bonds is 7. The maximum atomic E-state index is 12.6. The third-order valence-corrected chi connectivity index (χ3v) is 5.44. The van der Waals surface area contributed by atoms with Crippen LogP contribution in [0.1, 0.15) is 11.5 Å². The SMILES string of the molecule is COc1ccc(OC)c(CNS(=O)(=O)c2ccc(-c3coc(C)n3)cc2)c1. The topological polar surface area (TPSA) is 90.7 Å². The molecule has 0 saturated heterocycles. The van der Waals surface area contributed by atoms with Crippen molar-refractivity contribution in [2.45, 2.75) is 18.4 Å². The minimum atomic E-state index is -3.69. The number of oxazole rings is 1. The van der Waals surface area contributed by atoms with Gasteiger partial charge in [-0.1, -0.05) is 12.1 Å². The van der Waals surface area contributed by atoms with Crippen molar-refractivity contribution in [3.63, 3.8) is 0 Å². The summed E-state index contributed by atoms with van der Waals surface area (Å²) in [6, 6.07) is 11.7. The first-order valence-corrected chi connectivity index (χ1v) is 9.64. The zero-order chi connectivity index (χ0) is 19.4. The first-order chi connectivity index (χ1) is 12.9. The second-order valence-corrected chi connectivity index (χ2v) is 7.55. The monoisotopic (exact) mass is 388 g/mol. The van der Waals surface area contributed by atoms with E-state index in [2.05, 4.69) is 9.71 Å². The van der Waals surface area contributed by atoms with E-state index in [0.717, 1.165) is 5.56 Å². The van der Waals surface area contributed by atoms with E-state index in [4.69, 9.17) is 13.9 Å².